The highest BCUT2D eigenvalue weighted by Gasteiger charge is 2.22. The van der Waals surface area contributed by atoms with Gasteiger partial charge in [-0.1, -0.05) is 18.2 Å². The number of para-hydroxylation sites is 1. The van der Waals surface area contributed by atoms with Crippen LogP contribution in [0.2, 0.25) is 0 Å². The van der Waals surface area contributed by atoms with Gasteiger partial charge in [0.25, 0.3) is 0 Å². The first-order chi connectivity index (χ1) is 11.3. The molecule has 2 heterocycles. The maximum Gasteiger partial charge on any atom is 0.220 e. The second-order valence-corrected chi connectivity index (χ2v) is 6.92. The van der Waals surface area contributed by atoms with Crippen molar-refractivity contribution in [3.63, 3.8) is 0 Å². The summed E-state index contributed by atoms with van der Waals surface area (Å²) in [4.78, 5) is 14.6. The summed E-state index contributed by atoms with van der Waals surface area (Å²) in [5, 5.41) is 6.64. The zero-order chi connectivity index (χ0) is 15.9. The third-order valence-corrected chi connectivity index (χ3v) is 5.15. The minimum absolute atomic E-state index is 0.239. The van der Waals surface area contributed by atoms with Crippen molar-refractivity contribution in [1.29, 1.82) is 0 Å². The van der Waals surface area contributed by atoms with Crippen molar-refractivity contribution in [2.24, 2.45) is 5.92 Å². The number of nitrogens with zero attached hydrogens (tertiary/aromatic N) is 1. The summed E-state index contributed by atoms with van der Waals surface area (Å²) in [6.07, 6.45) is 6.42. The number of hydrogen-bond donors (Lipinski definition) is 2. The Hall–Kier alpha value is -1.55. The maximum absolute atomic E-state index is 12.3. The summed E-state index contributed by atoms with van der Waals surface area (Å²) in [7, 11) is 0. The Bertz CT molecular complexity index is 485. The average molecular weight is 315 g/mol. The number of rotatable bonds is 5. The van der Waals surface area contributed by atoms with E-state index >= 15 is 0 Å². The minimum atomic E-state index is 0.239. The molecule has 0 saturated carbocycles. The van der Waals surface area contributed by atoms with Crippen molar-refractivity contribution in [3.8, 4) is 0 Å². The molecule has 4 heteroatoms. The molecule has 2 fully saturated rings. The highest BCUT2D eigenvalue weighted by molar-refractivity contribution is 5.76. The molecule has 4 nitrogen and oxygen atoms in total. The Labute approximate surface area is 139 Å². The Morgan fingerprint density at radius 1 is 1.17 bits per heavy atom. The zero-order valence-electron chi connectivity index (χ0n) is 14.0. The van der Waals surface area contributed by atoms with Gasteiger partial charge in [-0.3, -0.25) is 4.79 Å². The van der Waals surface area contributed by atoms with E-state index in [2.05, 4.69) is 39.8 Å². The van der Waals surface area contributed by atoms with Crippen LogP contribution in [0.4, 0.5) is 5.69 Å². The van der Waals surface area contributed by atoms with E-state index in [1.54, 1.807) is 0 Å². The van der Waals surface area contributed by atoms with Gasteiger partial charge < -0.3 is 15.5 Å². The predicted octanol–water partition coefficient (Wildman–Crippen LogP) is 2.55. The number of carbonyl (C=O) groups is 1. The van der Waals surface area contributed by atoms with Gasteiger partial charge in [0.15, 0.2) is 0 Å². The third kappa shape index (κ3) is 4.96. The maximum atomic E-state index is 12.3. The Morgan fingerprint density at radius 2 is 1.96 bits per heavy atom. The van der Waals surface area contributed by atoms with Gasteiger partial charge in [-0.15, -0.1) is 0 Å². The molecule has 2 N–H and O–H groups in total. The lowest BCUT2D eigenvalue weighted by Gasteiger charge is -2.35. The SMILES string of the molecule is O=C(CCC1CCNCC1)NC1CCCN(c2ccccc2)C1. The molecule has 2 saturated heterocycles. The van der Waals surface area contributed by atoms with Crippen molar-refractivity contribution < 1.29 is 4.79 Å². The van der Waals surface area contributed by atoms with Crippen LogP contribution in [0, 0.1) is 5.92 Å². The molecule has 0 spiro atoms. The Balaban J connectivity index is 1.43. The van der Waals surface area contributed by atoms with Gasteiger partial charge in [-0.25, -0.2) is 0 Å². The highest BCUT2D eigenvalue weighted by atomic mass is 16.1. The van der Waals surface area contributed by atoms with Gasteiger partial charge in [0.1, 0.15) is 0 Å². The first-order valence-corrected chi connectivity index (χ1v) is 9.11. The second-order valence-electron chi connectivity index (χ2n) is 6.92. The lowest BCUT2D eigenvalue weighted by atomic mass is 9.93. The van der Waals surface area contributed by atoms with Crippen LogP contribution in [0.1, 0.15) is 38.5 Å². The normalized spacial score (nSPS) is 22.8. The molecule has 2 aliphatic rings. The summed E-state index contributed by atoms with van der Waals surface area (Å²) in [6, 6.07) is 10.8. The number of piperidine rings is 2. The number of hydrogen-bond acceptors (Lipinski definition) is 3. The molecule has 2 aliphatic heterocycles. The number of anilines is 1. The summed E-state index contributed by atoms with van der Waals surface area (Å²) >= 11 is 0. The van der Waals surface area contributed by atoms with Crippen LogP contribution in [-0.2, 0) is 4.79 Å². The van der Waals surface area contributed by atoms with Crippen LogP contribution in [-0.4, -0.2) is 38.1 Å². The first-order valence-electron chi connectivity index (χ1n) is 9.11. The van der Waals surface area contributed by atoms with Crippen molar-refractivity contribution >= 4 is 11.6 Å². The van der Waals surface area contributed by atoms with Gasteiger partial charge in [0, 0.05) is 31.2 Å². The predicted molar refractivity (Wildman–Crippen MR) is 94.6 cm³/mol. The molecule has 0 radical (unpaired) electrons. The molecule has 1 amide bonds. The van der Waals surface area contributed by atoms with E-state index in [4.69, 9.17) is 0 Å². The number of nitrogens with one attached hydrogen (secondary N) is 2. The fraction of sp³-hybridized carbons (Fsp3) is 0.632. The standard InChI is InChI=1S/C19H29N3O/c23-19(9-8-16-10-12-20-13-11-16)21-17-5-4-14-22(15-17)18-6-2-1-3-7-18/h1-3,6-7,16-17,20H,4-5,8-15H2,(H,21,23). The minimum Gasteiger partial charge on any atom is -0.369 e. The zero-order valence-corrected chi connectivity index (χ0v) is 14.0. The molecule has 1 unspecified atom stereocenters. The Morgan fingerprint density at radius 3 is 2.74 bits per heavy atom. The van der Waals surface area contributed by atoms with Crippen LogP contribution in [0.15, 0.2) is 30.3 Å². The van der Waals surface area contributed by atoms with Crippen molar-refractivity contribution in [2.75, 3.05) is 31.1 Å². The monoisotopic (exact) mass is 315 g/mol. The molecule has 3 rings (SSSR count). The second kappa shape index (κ2) is 8.34. The smallest absolute Gasteiger partial charge is 0.220 e. The topological polar surface area (TPSA) is 44.4 Å². The van der Waals surface area contributed by atoms with Crippen LogP contribution in [0.5, 0.6) is 0 Å². The quantitative estimate of drug-likeness (QED) is 0.878. The van der Waals surface area contributed by atoms with E-state index in [-0.39, 0.29) is 5.91 Å². The van der Waals surface area contributed by atoms with E-state index in [0.717, 1.165) is 51.4 Å². The van der Waals surface area contributed by atoms with Crippen LogP contribution >= 0.6 is 0 Å². The van der Waals surface area contributed by atoms with Crippen LogP contribution < -0.4 is 15.5 Å². The highest BCUT2D eigenvalue weighted by Crippen LogP contribution is 2.20. The van der Waals surface area contributed by atoms with E-state index < -0.39 is 0 Å². The molecule has 23 heavy (non-hydrogen) atoms. The lowest BCUT2D eigenvalue weighted by Crippen LogP contribution is -2.47. The fourth-order valence-corrected chi connectivity index (χ4v) is 3.77. The molecular formula is C19H29N3O. The molecule has 1 aromatic carbocycles. The third-order valence-electron chi connectivity index (χ3n) is 5.15. The van der Waals surface area contributed by atoms with E-state index in [1.165, 1.54) is 18.5 Å². The van der Waals surface area contributed by atoms with Gasteiger partial charge >= 0.3 is 0 Å². The Kier molecular flexibility index (Phi) is 5.92. The largest absolute Gasteiger partial charge is 0.369 e. The molecule has 1 atom stereocenters. The summed E-state index contributed by atoms with van der Waals surface area (Å²) in [5.74, 6) is 0.970. The molecule has 0 aliphatic carbocycles. The van der Waals surface area contributed by atoms with E-state index in [9.17, 15) is 4.79 Å². The molecule has 126 valence electrons. The molecular weight excluding hydrogens is 286 g/mol. The van der Waals surface area contributed by atoms with Gasteiger partial charge in [-0.05, 0) is 63.2 Å². The summed E-state index contributed by atoms with van der Waals surface area (Å²) < 4.78 is 0. The van der Waals surface area contributed by atoms with Crippen molar-refractivity contribution in [3.05, 3.63) is 30.3 Å². The first kappa shape index (κ1) is 16.3. The fourth-order valence-electron chi connectivity index (χ4n) is 3.77. The molecule has 0 aromatic heterocycles. The van der Waals surface area contributed by atoms with Crippen LogP contribution in [0.25, 0.3) is 0 Å². The number of carbonyl (C=O) groups excluding carboxylic acids is 1. The van der Waals surface area contributed by atoms with Gasteiger partial charge in [0.05, 0.1) is 0 Å². The van der Waals surface area contributed by atoms with Crippen molar-refractivity contribution in [1.82, 2.24) is 10.6 Å². The molecule has 0 bridgehead atoms. The van der Waals surface area contributed by atoms with Gasteiger partial charge in [0.2, 0.25) is 5.91 Å². The lowest BCUT2D eigenvalue weighted by molar-refractivity contribution is -0.122. The van der Waals surface area contributed by atoms with E-state index in [1.807, 2.05) is 6.07 Å². The summed E-state index contributed by atoms with van der Waals surface area (Å²) in [6.45, 7) is 4.25. The summed E-state index contributed by atoms with van der Waals surface area (Å²) in [5.41, 5.74) is 1.26. The van der Waals surface area contributed by atoms with Gasteiger partial charge in [-0.2, -0.15) is 0 Å². The van der Waals surface area contributed by atoms with Crippen LogP contribution in [0.3, 0.4) is 0 Å². The van der Waals surface area contributed by atoms with E-state index in [0.29, 0.717) is 12.5 Å². The average Bonchev–Trinajstić information content (AvgIpc) is 2.62. The molecule has 1 aromatic rings. The number of amides is 1. The number of benzene rings is 1. The van der Waals surface area contributed by atoms with Crippen molar-refractivity contribution in [2.45, 2.75) is 44.6 Å².